The van der Waals surface area contributed by atoms with Gasteiger partial charge < -0.3 is 9.22 Å². The first-order valence-electron chi connectivity index (χ1n) is 6.58. The Morgan fingerprint density at radius 3 is 2.05 bits per heavy atom. The molecule has 0 aromatic heterocycles. The van der Waals surface area contributed by atoms with E-state index in [1.54, 1.807) is 0 Å². The van der Waals surface area contributed by atoms with Crippen molar-refractivity contribution in [3.05, 3.63) is 35.9 Å². The minimum atomic E-state index is -2.00. The number of aldehydes is 1. The summed E-state index contributed by atoms with van der Waals surface area (Å²) in [5.41, 5.74) is 0.984. The first-order chi connectivity index (χ1) is 9.01. The van der Waals surface area contributed by atoms with E-state index in [1.807, 2.05) is 30.3 Å². The van der Waals surface area contributed by atoms with Gasteiger partial charge in [-0.2, -0.15) is 0 Å². The SMILES string of the molecule is CC(C)(C)[Si](C)(C)OC(c1ccccc1)C(Br)(Br)C=O. The molecule has 0 bridgehead atoms. The van der Waals surface area contributed by atoms with E-state index in [9.17, 15) is 4.79 Å². The van der Waals surface area contributed by atoms with Crippen LogP contribution in [0.4, 0.5) is 0 Å². The number of hydrogen-bond acceptors (Lipinski definition) is 2. The molecule has 0 heterocycles. The minimum absolute atomic E-state index is 0.0823. The summed E-state index contributed by atoms with van der Waals surface area (Å²) in [6.07, 6.45) is 0.486. The molecule has 0 aliphatic carbocycles. The van der Waals surface area contributed by atoms with E-state index < -0.39 is 11.6 Å². The zero-order chi connectivity index (χ0) is 15.6. The summed E-state index contributed by atoms with van der Waals surface area (Å²) in [7, 11) is -2.00. The third kappa shape index (κ3) is 4.26. The molecule has 5 heteroatoms. The number of benzene rings is 1. The van der Waals surface area contributed by atoms with Crippen molar-refractivity contribution in [2.45, 2.75) is 48.2 Å². The van der Waals surface area contributed by atoms with Crippen LogP contribution in [0.2, 0.25) is 18.1 Å². The number of hydrogen-bond donors (Lipinski definition) is 0. The fourth-order valence-corrected chi connectivity index (χ4v) is 3.86. The van der Waals surface area contributed by atoms with Crippen molar-refractivity contribution in [1.29, 1.82) is 0 Å². The second kappa shape index (κ2) is 6.42. The fraction of sp³-hybridized carbons (Fsp3) is 0.533. The molecule has 0 fully saturated rings. The van der Waals surface area contributed by atoms with E-state index in [-0.39, 0.29) is 11.1 Å². The molecule has 1 rings (SSSR count). The van der Waals surface area contributed by atoms with Crippen molar-refractivity contribution < 1.29 is 9.22 Å². The molecule has 0 aliphatic rings. The summed E-state index contributed by atoms with van der Waals surface area (Å²) >= 11 is 6.90. The predicted octanol–water partition coefficient (Wildman–Crippen LogP) is 5.43. The third-order valence-corrected chi connectivity index (χ3v) is 9.47. The molecule has 2 nitrogen and oxygen atoms in total. The number of halogens is 2. The van der Waals surface area contributed by atoms with Crippen LogP contribution in [0.5, 0.6) is 0 Å². The first-order valence-corrected chi connectivity index (χ1v) is 11.1. The van der Waals surface area contributed by atoms with Crippen molar-refractivity contribution in [1.82, 2.24) is 0 Å². The fourth-order valence-electron chi connectivity index (χ4n) is 1.53. The molecule has 0 saturated carbocycles. The number of carbonyl (C=O) groups excluding carboxylic acids is 1. The van der Waals surface area contributed by atoms with Gasteiger partial charge in [-0.15, -0.1) is 0 Å². The van der Waals surface area contributed by atoms with E-state index in [4.69, 9.17) is 4.43 Å². The van der Waals surface area contributed by atoms with Crippen molar-refractivity contribution in [3.63, 3.8) is 0 Å². The zero-order valence-electron chi connectivity index (χ0n) is 12.6. The average Bonchev–Trinajstić information content (AvgIpc) is 2.35. The first kappa shape index (κ1) is 18.1. The smallest absolute Gasteiger partial charge is 0.193 e. The molecular weight excluding hydrogens is 400 g/mol. The molecule has 0 saturated heterocycles. The Morgan fingerprint density at radius 2 is 1.65 bits per heavy atom. The second-order valence-corrected chi connectivity index (χ2v) is 14.9. The minimum Gasteiger partial charge on any atom is -0.407 e. The largest absolute Gasteiger partial charge is 0.407 e. The van der Waals surface area contributed by atoms with Gasteiger partial charge in [-0.3, -0.25) is 0 Å². The van der Waals surface area contributed by atoms with Gasteiger partial charge in [-0.05, 0) is 23.7 Å². The van der Waals surface area contributed by atoms with E-state index in [0.717, 1.165) is 11.8 Å². The molecule has 0 radical (unpaired) electrons. The van der Waals surface area contributed by atoms with Crippen molar-refractivity contribution >= 4 is 46.5 Å². The Hall–Kier alpha value is 0.0269. The maximum Gasteiger partial charge on any atom is 0.193 e. The van der Waals surface area contributed by atoms with Crippen LogP contribution in [0.3, 0.4) is 0 Å². The summed E-state index contributed by atoms with van der Waals surface area (Å²) in [4.78, 5) is 11.4. The summed E-state index contributed by atoms with van der Waals surface area (Å²) < 4.78 is 5.55. The number of carbonyl (C=O) groups is 1. The number of alkyl halides is 2. The topological polar surface area (TPSA) is 26.3 Å². The Bertz CT molecular complexity index is 453. The van der Waals surface area contributed by atoms with Crippen LogP contribution in [-0.4, -0.2) is 17.8 Å². The third-order valence-electron chi connectivity index (χ3n) is 3.83. The van der Waals surface area contributed by atoms with Crippen LogP contribution < -0.4 is 0 Å². The molecule has 1 unspecified atom stereocenters. The lowest BCUT2D eigenvalue weighted by Gasteiger charge is -2.41. The summed E-state index contributed by atoms with van der Waals surface area (Å²) in [6.45, 7) is 10.9. The predicted molar refractivity (Wildman–Crippen MR) is 94.1 cm³/mol. The second-order valence-electron chi connectivity index (χ2n) is 6.46. The molecule has 0 amide bonds. The van der Waals surface area contributed by atoms with E-state index >= 15 is 0 Å². The van der Waals surface area contributed by atoms with Crippen LogP contribution >= 0.6 is 31.9 Å². The monoisotopic (exact) mass is 420 g/mol. The van der Waals surface area contributed by atoms with Gasteiger partial charge in [0.15, 0.2) is 11.6 Å². The summed E-state index contributed by atoms with van der Waals surface area (Å²) in [6, 6.07) is 9.84. The van der Waals surface area contributed by atoms with Gasteiger partial charge >= 0.3 is 0 Å². The molecule has 1 aromatic carbocycles. The lowest BCUT2D eigenvalue weighted by molar-refractivity contribution is -0.109. The Kier molecular flexibility index (Phi) is 5.81. The van der Waals surface area contributed by atoms with E-state index in [1.165, 1.54) is 0 Å². The van der Waals surface area contributed by atoms with Crippen LogP contribution in [0.15, 0.2) is 30.3 Å². The van der Waals surface area contributed by atoms with Crippen molar-refractivity contribution in [3.8, 4) is 0 Å². The lowest BCUT2D eigenvalue weighted by Crippen LogP contribution is -2.45. The van der Waals surface area contributed by atoms with Crippen molar-refractivity contribution in [2.75, 3.05) is 0 Å². The molecule has 1 aromatic rings. The Labute approximate surface area is 139 Å². The van der Waals surface area contributed by atoms with Gasteiger partial charge in [0, 0.05) is 0 Å². The molecule has 0 aliphatic heterocycles. The highest BCUT2D eigenvalue weighted by atomic mass is 79.9. The quantitative estimate of drug-likeness (QED) is 0.359. The number of rotatable bonds is 5. The highest BCUT2D eigenvalue weighted by molar-refractivity contribution is 9.25. The van der Waals surface area contributed by atoms with E-state index in [0.29, 0.717) is 0 Å². The Morgan fingerprint density at radius 1 is 1.15 bits per heavy atom. The average molecular weight is 422 g/mol. The highest BCUT2D eigenvalue weighted by Crippen LogP contribution is 2.46. The van der Waals surface area contributed by atoms with Crippen LogP contribution in [-0.2, 0) is 9.22 Å². The van der Waals surface area contributed by atoms with Crippen LogP contribution in [0, 0.1) is 0 Å². The van der Waals surface area contributed by atoms with Gasteiger partial charge in [0.2, 0.25) is 0 Å². The van der Waals surface area contributed by atoms with Gasteiger partial charge in [0.1, 0.15) is 12.4 Å². The lowest BCUT2D eigenvalue weighted by atomic mass is 10.1. The van der Waals surface area contributed by atoms with Crippen LogP contribution in [0.1, 0.15) is 32.4 Å². The maximum absolute atomic E-state index is 11.4. The van der Waals surface area contributed by atoms with Crippen molar-refractivity contribution in [2.24, 2.45) is 0 Å². The maximum atomic E-state index is 11.4. The summed E-state index contributed by atoms with van der Waals surface area (Å²) in [5.74, 6) is 0. The van der Waals surface area contributed by atoms with Crippen LogP contribution in [0.25, 0.3) is 0 Å². The van der Waals surface area contributed by atoms with Gasteiger partial charge in [-0.1, -0.05) is 83.0 Å². The standard InChI is InChI=1S/C15H22Br2O2Si/c1-14(2,3)20(4,5)19-13(15(16,17)11-18)12-9-7-6-8-10-12/h6-11,13H,1-5H3. The summed E-state index contributed by atoms with van der Waals surface area (Å²) in [5, 5.41) is 0.0823. The van der Waals surface area contributed by atoms with E-state index in [2.05, 4.69) is 65.7 Å². The van der Waals surface area contributed by atoms with Gasteiger partial charge in [0.25, 0.3) is 0 Å². The molecular formula is C15H22Br2O2Si. The molecule has 1 atom stereocenters. The molecule has 0 spiro atoms. The Balaban J connectivity index is 3.18. The van der Waals surface area contributed by atoms with Gasteiger partial charge in [-0.25, -0.2) is 0 Å². The normalized spacial score (nSPS) is 14.9. The molecule has 0 N–H and O–H groups in total. The molecule has 20 heavy (non-hydrogen) atoms. The van der Waals surface area contributed by atoms with Gasteiger partial charge in [0.05, 0.1) is 0 Å². The molecule has 112 valence electrons. The highest BCUT2D eigenvalue weighted by Gasteiger charge is 2.45. The zero-order valence-corrected chi connectivity index (χ0v) is 16.8.